The average Bonchev–Trinajstić information content (AvgIpc) is 2.81. The molecule has 2 rings (SSSR count). The quantitative estimate of drug-likeness (QED) is 0.834. The molecule has 0 spiro atoms. The van der Waals surface area contributed by atoms with Crippen LogP contribution in [0.2, 0.25) is 0 Å². The Morgan fingerprint density at radius 1 is 1.35 bits per heavy atom. The molecule has 0 aliphatic carbocycles. The first kappa shape index (κ1) is 17.3. The fourth-order valence-electron chi connectivity index (χ4n) is 2.23. The van der Waals surface area contributed by atoms with Gasteiger partial charge in [-0.1, -0.05) is 20.8 Å². The van der Waals surface area contributed by atoms with E-state index in [1.807, 2.05) is 13.8 Å². The van der Waals surface area contributed by atoms with Gasteiger partial charge in [0.2, 0.25) is 5.91 Å². The molecule has 126 valence electrons. The van der Waals surface area contributed by atoms with E-state index in [4.69, 9.17) is 0 Å². The van der Waals surface area contributed by atoms with Crippen molar-refractivity contribution in [3.05, 3.63) is 28.7 Å². The fourth-order valence-corrected chi connectivity index (χ4v) is 3.34. The molecule has 0 bridgehead atoms. The lowest BCUT2D eigenvalue weighted by molar-refractivity contribution is -0.122. The molecule has 0 unspecified atom stereocenters. The third kappa shape index (κ3) is 3.47. The van der Waals surface area contributed by atoms with Crippen molar-refractivity contribution in [1.82, 2.24) is 14.3 Å². The Balaban J connectivity index is 2.40. The number of benzene rings is 1. The second kappa shape index (κ2) is 6.57. The molecule has 2 aromatic rings. The summed E-state index contributed by atoms with van der Waals surface area (Å²) in [6, 6.07) is 4.34. The molecule has 1 aromatic carbocycles. The number of hydrogen-bond acceptors (Lipinski definition) is 4. The van der Waals surface area contributed by atoms with Crippen LogP contribution in [0.3, 0.4) is 0 Å². The molecule has 0 saturated carbocycles. The lowest BCUT2D eigenvalue weighted by Crippen LogP contribution is -2.34. The molecule has 0 fully saturated rings. The summed E-state index contributed by atoms with van der Waals surface area (Å²) in [4.78, 5) is 26.3. The number of nitrogens with one attached hydrogen (secondary N) is 2. The summed E-state index contributed by atoms with van der Waals surface area (Å²) in [5, 5.41) is 0. The Morgan fingerprint density at radius 2 is 2.04 bits per heavy atom. The van der Waals surface area contributed by atoms with E-state index in [0.29, 0.717) is 24.0 Å². The van der Waals surface area contributed by atoms with Crippen LogP contribution in [-0.4, -0.2) is 23.9 Å². The predicted octanol–water partition coefficient (Wildman–Crippen LogP) is 1.59. The molecular formula is C15H21N3O4S. The van der Waals surface area contributed by atoms with E-state index in [2.05, 4.69) is 9.71 Å². The minimum atomic E-state index is -3.95. The largest absolute Gasteiger partial charge is 0.326 e. The van der Waals surface area contributed by atoms with Crippen LogP contribution < -0.4 is 10.4 Å². The van der Waals surface area contributed by atoms with Gasteiger partial charge in [-0.05, 0) is 31.0 Å². The molecule has 0 aliphatic rings. The molecule has 1 heterocycles. The fraction of sp³-hybridized carbons (Fsp3) is 0.467. The topological polar surface area (TPSA) is 101 Å². The number of aryl methyl sites for hydroxylation is 1. The molecule has 0 radical (unpaired) electrons. The Hall–Kier alpha value is -2.09. The van der Waals surface area contributed by atoms with Gasteiger partial charge < -0.3 is 4.98 Å². The number of aromatic amines is 1. The first-order valence-corrected chi connectivity index (χ1v) is 9.07. The number of aromatic nitrogens is 2. The monoisotopic (exact) mass is 339 g/mol. The number of amides is 1. The van der Waals surface area contributed by atoms with Gasteiger partial charge in [0.1, 0.15) is 0 Å². The van der Waals surface area contributed by atoms with Crippen LogP contribution in [0.1, 0.15) is 33.6 Å². The highest BCUT2D eigenvalue weighted by molar-refractivity contribution is 7.90. The Kier molecular flexibility index (Phi) is 4.93. The maximum Gasteiger partial charge on any atom is 0.326 e. The zero-order valence-corrected chi connectivity index (χ0v) is 14.2. The van der Waals surface area contributed by atoms with Crippen LogP contribution in [0.25, 0.3) is 11.0 Å². The van der Waals surface area contributed by atoms with Crippen LogP contribution in [0.15, 0.2) is 27.9 Å². The SMILES string of the molecule is CCCn1c(=O)[nH]c2cc(S(=O)(=O)NC(=O)[C@H](C)CC)ccc21. The van der Waals surface area contributed by atoms with Crippen LogP contribution in [0.5, 0.6) is 0 Å². The Bertz CT molecular complexity index is 880. The smallest absolute Gasteiger partial charge is 0.305 e. The van der Waals surface area contributed by atoms with Crippen molar-refractivity contribution < 1.29 is 13.2 Å². The van der Waals surface area contributed by atoms with Gasteiger partial charge in [-0.25, -0.2) is 17.9 Å². The second-order valence-corrected chi connectivity index (χ2v) is 7.22. The molecule has 8 heteroatoms. The van der Waals surface area contributed by atoms with Crippen molar-refractivity contribution in [2.75, 3.05) is 0 Å². The number of carbonyl (C=O) groups is 1. The van der Waals surface area contributed by atoms with Crippen molar-refractivity contribution in [3.8, 4) is 0 Å². The highest BCUT2D eigenvalue weighted by atomic mass is 32.2. The van der Waals surface area contributed by atoms with E-state index in [0.717, 1.165) is 6.42 Å². The van der Waals surface area contributed by atoms with Crippen molar-refractivity contribution >= 4 is 27.0 Å². The zero-order chi connectivity index (χ0) is 17.2. The standard InChI is InChI=1S/C15H21N3O4S/c1-4-8-18-13-7-6-11(9-12(13)16-15(18)20)23(21,22)17-14(19)10(3)5-2/h6-7,9-10H,4-5,8H2,1-3H3,(H,16,20)(H,17,19)/t10-/m1/s1. The Labute approximate surface area is 134 Å². The molecular weight excluding hydrogens is 318 g/mol. The number of hydrogen-bond donors (Lipinski definition) is 2. The first-order chi connectivity index (χ1) is 10.8. The highest BCUT2D eigenvalue weighted by Gasteiger charge is 2.21. The number of nitrogens with zero attached hydrogens (tertiary/aromatic N) is 1. The number of sulfonamides is 1. The van der Waals surface area contributed by atoms with Gasteiger partial charge in [0.25, 0.3) is 10.0 Å². The molecule has 0 aliphatic heterocycles. The zero-order valence-electron chi connectivity index (χ0n) is 13.4. The van der Waals surface area contributed by atoms with Crippen LogP contribution >= 0.6 is 0 Å². The van der Waals surface area contributed by atoms with Gasteiger partial charge in [0.15, 0.2) is 0 Å². The molecule has 2 N–H and O–H groups in total. The van der Waals surface area contributed by atoms with E-state index in [1.165, 1.54) is 12.1 Å². The summed E-state index contributed by atoms with van der Waals surface area (Å²) in [5.74, 6) is -0.927. The lowest BCUT2D eigenvalue weighted by Gasteiger charge is -2.11. The van der Waals surface area contributed by atoms with Crippen molar-refractivity contribution in [2.24, 2.45) is 5.92 Å². The molecule has 1 atom stereocenters. The second-order valence-electron chi connectivity index (χ2n) is 5.54. The normalized spacial score (nSPS) is 13.2. The number of rotatable bonds is 6. The average molecular weight is 339 g/mol. The predicted molar refractivity (Wildman–Crippen MR) is 87.6 cm³/mol. The summed E-state index contributed by atoms with van der Waals surface area (Å²) in [6.45, 7) is 5.98. The summed E-state index contributed by atoms with van der Waals surface area (Å²) >= 11 is 0. The van der Waals surface area contributed by atoms with E-state index in [1.54, 1.807) is 17.6 Å². The van der Waals surface area contributed by atoms with E-state index < -0.39 is 15.9 Å². The van der Waals surface area contributed by atoms with E-state index in [-0.39, 0.29) is 16.5 Å². The first-order valence-electron chi connectivity index (χ1n) is 7.59. The summed E-state index contributed by atoms with van der Waals surface area (Å²) in [5.41, 5.74) is 0.798. The molecule has 1 amide bonds. The van der Waals surface area contributed by atoms with Gasteiger partial charge in [0, 0.05) is 12.5 Å². The molecule has 0 saturated heterocycles. The van der Waals surface area contributed by atoms with Crippen LogP contribution in [0, 0.1) is 5.92 Å². The number of carbonyl (C=O) groups excluding carboxylic acids is 1. The minimum Gasteiger partial charge on any atom is -0.305 e. The van der Waals surface area contributed by atoms with Gasteiger partial charge in [-0.15, -0.1) is 0 Å². The van der Waals surface area contributed by atoms with Gasteiger partial charge in [-0.2, -0.15) is 0 Å². The van der Waals surface area contributed by atoms with Gasteiger partial charge in [0.05, 0.1) is 15.9 Å². The van der Waals surface area contributed by atoms with Crippen LogP contribution in [0.4, 0.5) is 0 Å². The van der Waals surface area contributed by atoms with Gasteiger partial charge >= 0.3 is 5.69 Å². The van der Waals surface area contributed by atoms with Crippen LogP contribution in [-0.2, 0) is 21.4 Å². The third-order valence-electron chi connectivity index (χ3n) is 3.80. The third-order valence-corrected chi connectivity index (χ3v) is 5.14. The maximum atomic E-state index is 12.3. The van der Waals surface area contributed by atoms with Crippen molar-refractivity contribution in [2.45, 2.75) is 45.1 Å². The van der Waals surface area contributed by atoms with Gasteiger partial charge in [-0.3, -0.25) is 9.36 Å². The highest BCUT2D eigenvalue weighted by Crippen LogP contribution is 2.17. The minimum absolute atomic E-state index is 0.0495. The maximum absolute atomic E-state index is 12.3. The molecule has 23 heavy (non-hydrogen) atoms. The summed E-state index contributed by atoms with van der Waals surface area (Å²) in [7, 11) is -3.95. The molecule has 1 aromatic heterocycles. The summed E-state index contributed by atoms with van der Waals surface area (Å²) in [6.07, 6.45) is 1.34. The Morgan fingerprint density at radius 3 is 2.65 bits per heavy atom. The number of H-pyrrole nitrogens is 1. The van der Waals surface area contributed by atoms with E-state index >= 15 is 0 Å². The van der Waals surface area contributed by atoms with Crippen molar-refractivity contribution in [3.63, 3.8) is 0 Å². The van der Waals surface area contributed by atoms with E-state index in [9.17, 15) is 18.0 Å². The molecule has 7 nitrogen and oxygen atoms in total. The lowest BCUT2D eigenvalue weighted by atomic mass is 10.1. The summed E-state index contributed by atoms with van der Waals surface area (Å²) < 4.78 is 28.2. The number of fused-ring (bicyclic) bond motifs is 1. The number of imidazole rings is 1. The van der Waals surface area contributed by atoms with Crippen molar-refractivity contribution in [1.29, 1.82) is 0 Å².